The molecule has 0 spiro atoms. The fraction of sp³-hybridized carbons (Fsp3) is 0.462. The fourth-order valence-electron chi connectivity index (χ4n) is 4.16. The van der Waals surface area contributed by atoms with Crippen LogP contribution in [-0.2, 0) is 17.7 Å². The number of fused-ring (bicyclic) bond motifs is 1. The molecule has 0 atom stereocenters. The highest BCUT2D eigenvalue weighted by Gasteiger charge is 2.16. The van der Waals surface area contributed by atoms with E-state index in [-0.39, 0.29) is 0 Å². The summed E-state index contributed by atoms with van der Waals surface area (Å²) in [6, 6.07) is 17.4. The molecule has 0 unspecified atom stereocenters. The second kappa shape index (κ2) is 11.6. The molecule has 1 aliphatic rings. The molecular formula is C26H34N2O2S. The summed E-state index contributed by atoms with van der Waals surface area (Å²) in [5, 5.41) is 3.51. The molecule has 2 heterocycles. The Morgan fingerprint density at radius 1 is 0.839 bits per heavy atom. The molecule has 3 aromatic rings. The summed E-state index contributed by atoms with van der Waals surface area (Å²) in [7, 11) is 1.72. The van der Waals surface area contributed by atoms with Gasteiger partial charge in [-0.3, -0.25) is 4.90 Å². The molecular weight excluding hydrogens is 404 g/mol. The molecule has 0 bridgehead atoms. The maximum atomic E-state index is 5.89. The largest absolute Gasteiger partial charge is 0.497 e. The van der Waals surface area contributed by atoms with Crippen LogP contribution in [0.2, 0.25) is 0 Å². The third-order valence-corrected chi connectivity index (χ3v) is 6.99. The minimum absolute atomic E-state index is 0.819. The van der Waals surface area contributed by atoms with E-state index in [1.165, 1.54) is 47.3 Å². The van der Waals surface area contributed by atoms with Gasteiger partial charge in [-0.25, -0.2) is 0 Å². The van der Waals surface area contributed by atoms with Crippen LogP contribution in [0.25, 0.3) is 10.1 Å². The summed E-state index contributed by atoms with van der Waals surface area (Å²) in [5.41, 5.74) is 2.74. The number of unbranched alkanes of at least 4 members (excludes halogenated alkanes) is 1. The zero-order valence-electron chi connectivity index (χ0n) is 18.6. The molecule has 1 aromatic heterocycles. The molecule has 0 saturated carbocycles. The van der Waals surface area contributed by atoms with Gasteiger partial charge in [0.2, 0.25) is 0 Å². The SMILES string of the molecule is COc1ccc(CN2CCN(CCCCOCCc3ccc4sccc4c3)CC2)cc1. The van der Waals surface area contributed by atoms with E-state index in [9.17, 15) is 0 Å². The normalized spacial score (nSPS) is 15.5. The molecule has 0 radical (unpaired) electrons. The van der Waals surface area contributed by atoms with Crippen molar-refractivity contribution in [3.8, 4) is 5.75 Å². The number of piperazine rings is 1. The molecule has 2 aromatic carbocycles. The number of hydrogen-bond acceptors (Lipinski definition) is 5. The summed E-state index contributed by atoms with van der Waals surface area (Å²) in [4.78, 5) is 5.15. The molecule has 4 rings (SSSR count). The van der Waals surface area contributed by atoms with Crippen molar-refractivity contribution in [3.05, 3.63) is 65.0 Å². The second-order valence-corrected chi connectivity index (χ2v) is 9.28. The molecule has 166 valence electrons. The molecule has 31 heavy (non-hydrogen) atoms. The summed E-state index contributed by atoms with van der Waals surface area (Å²) in [5.74, 6) is 0.928. The van der Waals surface area contributed by atoms with Crippen LogP contribution >= 0.6 is 11.3 Å². The van der Waals surface area contributed by atoms with E-state index in [1.807, 2.05) is 0 Å². The lowest BCUT2D eigenvalue weighted by Crippen LogP contribution is -2.46. The Bertz CT molecular complexity index is 917. The molecule has 1 saturated heterocycles. The zero-order valence-corrected chi connectivity index (χ0v) is 19.4. The van der Waals surface area contributed by atoms with Gasteiger partial charge >= 0.3 is 0 Å². The molecule has 4 nitrogen and oxygen atoms in total. The van der Waals surface area contributed by atoms with Crippen LogP contribution < -0.4 is 4.74 Å². The lowest BCUT2D eigenvalue weighted by molar-refractivity contribution is 0.111. The van der Waals surface area contributed by atoms with Crippen LogP contribution in [0.3, 0.4) is 0 Å². The Morgan fingerprint density at radius 3 is 2.42 bits per heavy atom. The predicted molar refractivity (Wildman–Crippen MR) is 130 cm³/mol. The highest BCUT2D eigenvalue weighted by atomic mass is 32.1. The Morgan fingerprint density at radius 2 is 1.61 bits per heavy atom. The number of thiophene rings is 1. The number of hydrogen-bond donors (Lipinski definition) is 0. The van der Waals surface area contributed by atoms with Gasteiger partial charge < -0.3 is 14.4 Å². The van der Waals surface area contributed by atoms with Crippen LogP contribution in [0.1, 0.15) is 24.0 Å². The van der Waals surface area contributed by atoms with Crippen molar-refractivity contribution in [2.45, 2.75) is 25.8 Å². The van der Waals surface area contributed by atoms with Gasteiger partial charge in [-0.15, -0.1) is 11.3 Å². The molecule has 5 heteroatoms. The summed E-state index contributed by atoms with van der Waals surface area (Å²) in [6.45, 7) is 8.55. The topological polar surface area (TPSA) is 24.9 Å². The standard InChI is InChI=1S/C26H34N2O2S/c1-29-25-7-4-23(5-8-25)21-28-15-13-27(14-16-28)12-2-3-17-30-18-10-22-6-9-26-24(20-22)11-19-31-26/h4-9,11,19-20H,2-3,10,12-18,21H2,1H3. The van der Waals surface area contributed by atoms with Gasteiger partial charge in [0.15, 0.2) is 0 Å². The second-order valence-electron chi connectivity index (χ2n) is 8.33. The molecule has 0 amide bonds. The average Bonchev–Trinajstić information content (AvgIpc) is 3.28. The maximum absolute atomic E-state index is 5.89. The van der Waals surface area contributed by atoms with Crippen LogP contribution in [0, 0.1) is 0 Å². The van der Waals surface area contributed by atoms with E-state index in [0.717, 1.165) is 51.4 Å². The minimum Gasteiger partial charge on any atom is -0.497 e. The number of benzene rings is 2. The maximum Gasteiger partial charge on any atom is 0.118 e. The number of methoxy groups -OCH3 is 1. The van der Waals surface area contributed by atoms with Gasteiger partial charge in [-0.2, -0.15) is 0 Å². The van der Waals surface area contributed by atoms with Gasteiger partial charge in [0, 0.05) is 44.0 Å². The lowest BCUT2D eigenvalue weighted by atomic mass is 10.1. The quantitative estimate of drug-likeness (QED) is 0.390. The smallest absolute Gasteiger partial charge is 0.118 e. The van der Waals surface area contributed by atoms with Crippen LogP contribution in [0.4, 0.5) is 0 Å². The molecule has 1 fully saturated rings. The summed E-state index contributed by atoms with van der Waals surface area (Å²) in [6.07, 6.45) is 3.37. The molecule has 0 aliphatic carbocycles. The first-order valence-corrected chi connectivity index (χ1v) is 12.3. The number of ether oxygens (including phenoxy) is 2. The number of rotatable bonds is 11. The highest BCUT2D eigenvalue weighted by molar-refractivity contribution is 7.17. The first kappa shape index (κ1) is 22.3. The van der Waals surface area contributed by atoms with E-state index < -0.39 is 0 Å². The molecule has 1 aliphatic heterocycles. The predicted octanol–water partition coefficient (Wildman–Crippen LogP) is 5.07. The Labute approximate surface area is 190 Å². The van der Waals surface area contributed by atoms with Crippen LogP contribution in [-0.4, -0.2) is 62.8 Å². The van der Waals surface area contributed by atoms with Crippen molar-refractivity contribution >= 4 is 21.4 Å². The van der Waals surface area contributed by atoms with Gasteiger partial charge in [0.05, 0.1) is 13.7 Å². The third kappa shape index (κ3) is 6.78. The van der Waals surface area contributed by atoms with Crippen molar-refractivity contribution < 1.29 is 9.47 Å². The lowest BCUT2D eigenvalue weighted by Gasteiger charge is -2.34. The Kier molecular flexibility index (Phi) is 8.36. The minimum atomic E-state index is 0.819. The monoisotopic (exact) mass is 438 g/mol. The first-order valence-electron chi connectivity index (χ1n) is 11.4. The van der Waals surface area contributed by atoms with Crippen molar-refractivity contribution in [1.29, 1.82) is 0 Å². The van der Waals surface area contributed by atoms with E-state index in [1.54, 1.807) is 18.4 Å². The van der Waals surface area contributed by atoms with E-state index in [2.05, 4.69) is 63.7 Å². The zero-order chi connectivity index (χ0) is 21.3. The van der Waals surface area contributed by atoms with Crippen molar-refractivity contribution in [3.63, 3.8) is 0 Å². The fourth-order valence-corrected chi connectivity index (χ4v) is 4.93. The van der Waals surface area contributed by atoms with Crippen LogP contribution in [0.5, 0.6) is 5.75 Å². The van der Waals surface area contributed by atoms with E-state index in [0.29, 0.717) is 0 Å². The van der Waals surface area contributed by atoms with E-state index >= 15 is 0 Å². The van der Waals surface area contributed by atoms with Crippen LogP contribution in [0.15, 0.2) is 53.9 Å². The van der Waals surface area contributed by atoms with Gasteiger partial charge in [-0.1, -0.05) is 24.3 Å². The first-order chi connectivity index (χ1) is 15.3. The van der Waals surface area contributed by atoms with Gasteiger partial charge in [0.1, 0.15) is 5.75 Å². The highest BCUT2D eigenvalue weighted by Crippen LogP contribution is 2.22. The van der Waals surface area contributed by atoms with Crippen molar-refractivity contribution in [2.24, 2.45) is 0 Å². The third-order valence-electron chi connectivity index (χ3n) is 6.10. The average molecular weight is 439 g/mol. The summed E-state index contributed by atoms with van der Waals surface area (Å²) >= 11 is 1.80. The summed E-state index contributed by atoms with van der Waals surface area (Å²) < 4.78 is 12.5. The Balaban J connectivity index is 1.04. The number of nitrogens with zero attached hydrogens (tertiary/aromatic N) is 2. The van der Waals surface area contributed by atoms with Crippen molar-refractivity contribution in [2.75, 3.05) is 53.0 Å². The van der Waals surface area contributed by atoms with Crippen molar-refractivity contribution in [1.82, 2.24) is 9.80 Å². The Hall–Kier alpha value is -1.92. The van der Waals surface area contributed by atoms with Gasteiger partial charge in [0.25, 0.3) is 0 Å². The van der Waals surface area contributed by atoms with Gasteiger partial charge in [-0.05, 0) is 72.0 Å². The molecule has 0 N–H and O–H groups in total. The van der Waals surface area contributed by atoms with E-state index in [4.69, 9.17) is 9.47 Å².